The van der Waals surface area contributed by atoms with Crippen molar-refractivity contribution in [3.8, 4) is 0 Å². The van der Waals surface area contributed by atoms with Gasteiger partial charge in [-0.05, 0) is 6.92 Å². The second-order valence-electron chi connectivity index (χ2n) is 3.49. The molecular formula is C8H9N5O4S3. The number of nitrogens with one attached hydrogen (secondary N) is 2. The fraction of sp³-hybridized carbons (Fsp3) is 0.250. The quantitative estimate of drug-likeness (QED) is 0.650. The number of nitrogens with zero attached hydrogens (tertiary/aromatic N) is 3. The lowest BCUT2D eigenvalue weighted by Crippen LogP contribution is -2.13. The van der Waals surface area contributed by atoms with E-state index in [2.05, 4.69) is 24.9 Å². The van der Waals surface area contributed by atoms with E-state index < -0.39 is 16.0 Å². The molecule has 0 aliphatic carbocycles. The number of carboxylic acid groups (broad SMARTS) is 1. The van der Waals surface area contributed by atoms with Crippen LogP contribution in [0.25, 0.3) is 0 Å². The molecule has 12 heteroatoms. The van der Waals surface area contributed by atoms with Gasteiger partial charge in [0.2, 0.25) is 5.13 Å². The van der Waals surface area contributed by atoms with Crippen molar-refractivity contribution in [1.29, 1.82) is 0 Å². The molecule has 0 radical (unpaired) electrons. The van der Waals surface area contributed by atoms with E-state index in [0.29, 0.717) is 10.2 Å². The number of aromatic amines is 1. The summed E-state index contributed by atoms with van der Waals surface area (Å²) in [6.07, 6.45) is 1.19. The highest BCUT2D eigenvalue weighted by molar-refractivity contribution is 8.01. The maximum Gasteiger partial charge on any atom is 0.313 e. The van der Waals surface area contributed by atoms with Gasteiger partial charge in [0, 0.05) is 0 Å². The summed E-state index contributed by atoms with van der Waals surface area (Å²) in [6.45, 7) is 1.63. The maximum atomic E-state index is 11.9. The smallest absolute Gasteiger partial charge is 0.313 e. The van der Waals surface area contributed by atoms with Crippen molar-refractivity contribution >= 4 is 44.2 Å². The Kier molecular flexibility index (Phi) is 4.25. The summed E-state index contributed by atoms with van der Waals surface area (Å²) < 4.78 is 26.5. The van der Waals surface area contributed by atoms with Crippen LogP contribution < -0.4 is 4.72 Å². The number of aliphatic carboxylic acids is 1. The zero-order chi connectivity index (χ0) is 14.8. The predicted octanol–water partition coefficient (Wildman–Crippen LogP) is 0.547. The summed E-state index contributed by atoms with van der Waals surface area (Å²) in [5, 5.41) is 15.8. The fourth-order valence-corrected chi connectivity index (χ4v) is 3.81. The lowest BCUT2D eigenvalue weighted by molar-refractivity contribution is -0.133. The van der Waals surface area contributed by atoms with Crippen LogP contribution in [0.3, 0.4) is 0 Å². The first-order valence-electron chi connectivity index (χ1n) is 5.09. The molecule has 3 N–H and O–H groups in total. The van der Waals surface area contributed by atoms with E-state index in [1.165, 1.54) is 6.20 Å². The van der Waals surface area contributed by atoms with Gasteiger partial charge in [0.25, 0.3) is 10.0 Å². The molecule has 2 heterocycles. The fourth-order valence-electron chi connectivity index (χ4n) is 1.14. The molecule has 9 nitrogen and oxygen atoms in total. The van der Waals surface area contributed by atoms with E-state index in [1.807, 2.05) is 0 Å². The van der Waals surface area contributed by atoms with Crippen LogP contribution in [0.2, 0.25) is 0 Å². The van der Waals surface area contributed by atoms with E-state index in [4.69, 9.17) is 5.11 Å². The van der Waals surface area contributed by atoms with Gasteiger partial charge in [-0.2, -0.15) is 8.42 Å². The Bertz CT molecular complexity index is 722. The molecule has 2 aromatic rings. The van der Waals surface area contributed by atoms with E-state index in [9.17, 15) is 13.2 Å². The highest BCUT2D eigenvalue weighted by atomic mass is 32.2. The van der Waals surface area contributed by atoms with E-state index in [0.717, 1.165) is 23.1 Å². The molecule has 0 atom stereocenters. The van der Waals surface area contributed by atoms with E-state index in [1.54, 1.807) is 6.92 Å². The lowest BCUT2D eigenvalue weighted by Gasteiger charge is -2.00. The second-order valence-corrected chi connectivity index (χ2v) is 7.34. The summed E-state index contributed by atoms with van der Waals surface area (Å²) in [5.74, 6) is -0.679. The molecule has 0 fully saturated rings. The number of hydrogen-bond acceptors (Lipinski definition) is 8. The van der Waals surface area contributed by atoms with Gasteiger partial charge in [0.15, 0.2) is 9.37 Å². The number of anilines is 1. The topological polar surface area (TPSA) is 138 Å². The van der Waals surface area contributed by atoms with Gasteiger partial charge < -0.3 is 10.1 Å². The summed E-state index contributed by atoms with van der Waals surface area (Å²) in [5.41, 5.74) is 0. The third-order valence-corrected chi connectivity index (χ3v) is 5.25. The number of hydrogen-bond donors (Lipinski definition) is 3. The number of aromatic nitrogens is 4. The standard InChI is InChI=1S/C8H9N5O4S3/c1-4-9-2-5(10-4)20(16,17)13-7-11-12-8(19-7)18-3-6(14)15/h2H,3H2,1H3,(H,9,10)(H,11,13)(H,14,15). The number of rotatable bonds is 6. The van der Waals surface area contributed by atoms with E-state index in [-0.39, 0.29) is 15.9 Å². The van der Waals surface area contributed by atoms with Crippen molar-refractivity contribution < 1.29 is 18.3 Å². The third-order valence-electron chi connectivity index (χ3n) is 1.92. The van der Waals surface area contributed by atoms with Crippen LogP contribution in [-0.4, -0.2) is 45.4 Å². The van der Waals surface area contributed by atoms with Gasteiger partial charge in [0.1, 0.15) is 5.82 Å². The minimum atomic E-state index is -3.80. The summed E-state index contributed by atoms with van der Waals surface area (Å²) in [7, 11) is -3.80. The summed E-state index contributed by atoms with van der Waals surface area (Å²) in [6, 6.07) is 0. The van der Waals surface area contributed by atoms with Crippen molar-refractivity contribution in [3.63, 3.8) is 0 Å². The molecule has 0 unspecified atom stereocenters. The Morgan fingerprint density at radius 1 is 1.55 bits per heavy atom. The zero-order valence-corrected chi connectivity index (χ0v) is 12.5. The van der Waals surface area contributed by atoms with Gasteiger partial charge in [-0.3, -0.25) is 9.52 Å². The molecular weight excluding hydrogens is 326 g/mol. The van der Waals surface area contributed by atoms with Gasteiger partial charge >= 0.3 is 5.97 Å². The summed E-state index contributed by atoms with van der Waals surface area (Å²) in [4.78, 5) is 16.8. The number of carboxylic acids is 1. The largest absolute Gasteiger partial charge is 0.481 e. The Balaban J connectivity index is 2.08. The molecule has 0 aliphatic rings. The van der Waals surface area contributed by atoms with Crippen LogP contribution in [0.15, 0.2) is 15.6 Å². The number of imidazole rings is 1. The highest BCUT2D eigenvalue weighted by Crippen LogP contribution is 2.26. The van der Waals surface area contributed by atoms with Gasteiger partial charge in [0.05, 0.1) is 11.9 Å². The normalized spacial score (nSPS) is 11.4. The molecule has 0 spiro atoms. The third kappa shape index (κ3) is 3.68. The average molecular weight is 335 g/mol. The number of sulfonamides is 1. The first kappa shape index (κ1) is 14.7. The average Bonchev–Trinajstić information content (AvgIpc) is 2.95. The number of H-pyrrole nitrogens is 1. The van der Waals surface area contributed by atoms with Crippen LogP contribution in [0, 0.1) is 6.92 Å². The molecule has 2 rings (SSSR count). The Morgan fingerprint density at radius 2 is 2.30 bits per heavy atom. The van der Waals surface area contributed by atoms with Crippen molar-refractivity contribution in [2.45, 2.75) is 16.3 Å². The molecule has 0 aromatic carbocycles. The van der Waals surface area contributed by atoms with Crippen molar-refractivity contribution in [1.82, 2.24) is 20.2 Å². The molecule has 0 amide bonds. The molecule has 2 aromatic heterocycles. The predicted molar refractivity (Wildman–Crippen MR) is 72.4 cm³/mol. The SMILES string of the molecule is Cc1ncc(S(=O)(=O)Nc2nnc(SCC(=O)O)s2)[nH]1. The minimum Gasteiger partial charge on any atom is -0.481 e. The highest BCUT2D eigenvalue weighted by Gasteiger charge is 2.19. The second kappa shape index (κ2) is 5.76. The Morgan fingerprint density at radius 3 is 2.90 bits per heavy atom. The molecule has 0 aliphatic heterocycles. The van der Waals surface area contributed by atoms with Gasteiger partial charge in [-0.1, -0.05) is 23.1 Å². The van der Waals surface area contributed by atoms with Gasteiger partial charge in [-0.25, -0.2) is 4.98 Å². The van der Waals surface area contributed by atoms with Crippen molar-refractivity contribution in [2.75, 3.05) is 10.5 Å². The molecule has 20 heavy (non-hydrogen) atoms. The van der Waals surface area contributed by atoms with Crippen LogP contribution in [0.5, 0.6) is 0 Å². The van der Waals surface area contributed by atoms with Crippen molar-refractivity contribution in [2.24, 2.45) is 0 Å². The zero-order valence-electron chi connectivity index (χ0n) is 10.0. The monoisotopic (exact) mass is 335 g/mol. The number of aryl methyl sites for hydroxylation is 1. The van der Waals surface area contributed by atoms with Crippen LogP contribution in [-0.2, 0) is 14.8 Å². The van der Waals surface area contributed by atoms with Crippen LogP contribution >= 0.6 is 23.1 Å². The summed E-state index contributed by atoms with van der Waals surface area (Å²) >= 11 is 1.92. The van der Waals surface area contributed by atoms with E-state index >= 15 is 0 Å². The molecule has 0 saturated heterocycles. The first-order chi connectivity index (χ1) is 9.37. The van der Waals surface area contributed by atoms with Crippen LogP contribution in [0.4, 0.5) is 5.13 Å². The van der Waals surface area contributed by atoms with Gasteiger partial charge in [-0.15, -0.1) is 10.2 Å². The maximum absolute atomic E-state index is 11.9. The Labute approximate surface area is 121 Å². The molecule has 0 saturated carbocycles. The molecule has 108 valence electrons. The lowest BCUT2D eigenvalue weighted by atomic mass is 10.8. The molecule has 0 bridgehead atoms. The Hall–Kier alpha value is -1.66. The first-order valence-corrected chi connectivity index (χ1v) is 8.38. The minimum absolute atomic E-state index is 0.0603. The number of carbonyl (C=O) groups is 1. The number of thioether (sulfide) groups is 1. The van der Waals surface area contributed by atoms with Crippen molar-refractivity contribution in [3.05, 3.63) is 12.0 Å². The van der Waals surface area contributed by atoms with Crippen LogP contribution in [0.1, 0.15) is 5.82 Å².